The number of piperidine rings is 1. The van der Waals surface area contributed by atoms with Crippen molar-refractivity contribution in [2.24, 2.45) is 0 Å². The normalized spacial score (nSPS) is 21.3. The fourth-order valence-corrected chi connectivity index (χ4v) is 3.51. The van der Waals surface area contributed by atoms with Gasteiger partial charge in [-0.3, -0.25) is 0 Å². The molecule has 0 amide bonds. The minimum atomic E-state index is -2.86. The topological polar surface area (TPSA) is 49.4 Å². The third kappa shape index (κ3) is 3.22. The molecule has 0 bridgehead atoms. The maximum Gasteiger partial charge on any atom is 0.154 e. The number of nitrogens with one attached hydrogen (secondary N) is 1. The molecule has 0 aliphatic carbocycles. The van der Waals surface area contributed by atoms with Crippen LogP contribution in [-0.4, -0.2) is 58.1 Å². The number of hydrogen-bond donors (Lipinski definition) is 1. The van der Waals surface area contributed by atoms with E-state index in [2.05, 4.69) is 10.2 Å². The number of sulfone groups is 1. The number of likely N-dealkylation sites (tertiary alicyclic amines) is 1. The summed E-state index contributed by atoms with van der Waals surface area (Å²) in [6.07, 6.45) is 1.59. The molecular formula is C9H20N2O2S. The zero-order valence-electron chi connectivity index (χ0n) is 8.99. The summed E-state index contributed by atoms with van der Waals surface area (Å²) in [6.45, 7) is 2.38. The van der Waals surface area contributed by atoms with Crippen molar-refractivity contribution in [3.05, 3.63) is 0 Å². The van der Waals surface area contributed by atoms with Crippen LogP contribution in [0.5, 0.6) is 0 Å². The average Bonchev–Trinajstić information content (AvgIpc) is 2.16. The molecule has 0 aromatic carbocycles. The van der Waals surface area contributed by atoms with Gasteiger partial charge in [0, 0.05) is 6.54 Å². The maximum atomic E-state index is 11.8. The smallest absolute Gasteiger partial charge is 0.154 e. The summed E-state index contributed by atoms with van der Waals surface area (Å²) < 4.78 is 23.6. The zero-order chi connectivity index (χ0) is 10.6. The van der Waals surface area contributed by atoms with E-state index < -0.39 is 9.84 Å². The highest BCUT2D eigenvalue weighted by Crippen LogP contribution is 2.17. The van der Waals surface area contributed by atoms with Crippen molar-refractivity contribution >= 4 is 9.84 Å². The second kappa shape index (κ2) is 5.09. The van der Waals surface area contributed by atoms with E-state index >= 15 is 0 Å². The summed E-state index contributed by atoms with van der Waals surface area (Å²) in [6, 6.07) is 0. The van der Waals surface area contributed by atoms with Gasteiger partial charge in [0.2, 0.25) is 0 Å². The lowest BCUT2D eigenvalue weighted by Gasteiger charge is -2.28. The summed E-state index contributed by atoms with van der Waals surface area (Å²) in [5.74, 6) is 0.276. The van der Waals surface area contributed by atoms with E-state index in [1.54, 1.807) is 7.05 Å². The first-order valence-corrected chi connectivity index (χ1v) is 6.82. The Balaban J connectivity index is 2.47. The van der Waals surface area contributed by atoms with Crippen LogP contribution in [0.25, 0.3) is 0 Å². The van der Waals surface area contributed by atoms with Crippen LogP contribution in [0.2, 0.25) is 0 Å². The summed E-state index contributed by atoms with van der Waals surface area (Å²) in [7, 11) is 0.962. The Kier molecular flexibility index (Phi) is 4.34. The fraction of sp³-hybridized carbons (Fsp3) is 1.00. The first-order chi connectivity index (χ1) is 6.56. The monoisotopic (exact) mass is 220 g/mol. The van der Waals surface area contributed by atoms with E-state index in [0.29, 0.717) is 6.54 Å². The van der Waals surface area contributed by atoms with E-state index in [1.807, 2.05) is 7.05 Å². The van der Waals surface area contributed by atoms with Gasteiger partial charge in [0.25, 0.3) is 0 Å². The number of hydrogen-bond acceptors (Lipinski definition) is 4. The predicted octanol–water partition coefficient (Wildman–Crippen LogP) is -0.285. The Morgan fingerprint density at radius 2 is 1.93 bits per heavy atom. The predicted molar refractivity (Wildman–Crippen MR) is 58.2 cm³/mol. The van der Waals surface area contributed by atoms with Gasteiger partial charge in [0.1, 0.15) is 0 Å². The van der Waals surface area contributed by atoms with E-state index in [9.17, 15) is 8.42 Å². The molecule has 84 valence electrons. The number of nitrogens with zero attached hydrogens (tertiary/aromatic N) is 1. The molecule has 0 spiro atoms. The standard InChI is InChI=1S/C9H20N2O2S/c1-10-5-8-14(12,13)9-3-6-11(2)7-4-9/h9-10H,3-8H2,1-2H3. The van der Waals surface area contributed by atoms with Crippen molar-refractivity contribution in [2.45, 2.75) is 18.1 Å². The van der Waals surface area contributed by atoms with Crippen LogP contribution < -0.4 is 5.32 Å². The molecule has 1 aliphatic heterocycles. The molecule has 0 saturated carbocycles. The van der Waals surface area contributed by atoms with Gasteiger partial charge in [-0.2, -0.15) is 0 Å². The highest BCUT2D eigenvalue weighted by molar-refractivity contribution is 7.92. The average molecular weight is 220 g/mol. The van der Waals surface area contributed by atoms with Gasteiger partial charge < -0.3 is 10.2 Å². The maximum absolute atomic E-state index is 11.8. The molecule has 5 heteroatoms. The molecule has 0 aromatic heterocycles. The van der Waals surface area contributed by atoms with Crippen molar-refractivity contribution in [3.63, 3.8) is 0 Å². The SMILES string of the molecule is CNCCS(=O)(=O)C1CCN(C)CC1. The van der Waals surface area contributed by atoms with Gasteiger partial charge >= 0.3 is 0 Å². The molecule has 0 radical (unpaired) electrons. The first kappa shape index (κ1) is 11.9. The minimum Gasteiger partial charge on any atom is -0.319 e. The van der Waals surface area contributed by atoms with E-state index in [4.69, 9.17) is 0 Å². The number of rotatable bonds is 4. The molecule has 1 aliphatic rings. The van der Waals surface area contributed by atoms with Gasteiger partial charge in [-0.15, -0.1) is 0 Å². The second-order valence-corrected chi connectivity index (χ2v) is 6.37. The van der Waals surface area contributed by atoms with E-state index in [0.717, 1.165) is 25.9 Å². The Labute approximate surface area is 86.6 Å². The Morgan fingerprint density at radius 1 is 1.36 bits per heavy atom. The van der Waals surface area contributed by atoms with Crippen LogP contribution in [0.3, 0.4) is 0 Å². The van der Waals surface area contributed by atoms with Crippen molar-refractivity contribution in [2.75, 3.05) is 39.5 Å². The highest BCUT2D eigenvalue weighted by atomic mass is 32.2. The molecule has 14 heavy (non-hydrogen) atoms. The molecule has 1 heterocycles. The molecule has 1 saturated heterocycles. The van der Waals surface area contributed by atoms with Crippen LogP contribution in [0.4, 0.5) is 0 Å². The molecule has 0 aromatic rings. The fourth-order valence-electron chi connectivity index (χ4n) is 1.76. The Morgan fingerprint density at radius 3 is 2.43 bits per heavy atom. The summed E-state index contributed by atoms with van der Waals surface area (Å²) in [5, 5.41) is 2.78. The van der Waals surface area contributed by atoms with Crippen molar-refractivity contribution in [1.29, 1.82) is 0 Å². The van der Waals surface area contributed by atoms with Gasteiger partial charge in [-0.05, 0) is 40.0 Å². The van der Waals surface area contributed by atoms with Gasteiger partial charge in [-0.1, -0.05) is 0 Å². The molecule has 1 fully saturated rings. The molecule has 4 nitrogen and oxygen atoms in total. The zero-order valence-corrected chi connectivity index (χ0v) is 9.81. The third-order valence-electron chi connectivity index (χ3n) is 2.81. The Bertz CT molecular complexity index is 256. The van der Waals surface area contributed by atoms with Crippen molar-refractivity contribution in [3.8, 4) is 0 Å². The minimum absolute atomic E-state index is 0.105. The second-order valence-electron chi connectivity index (χ2n) is 3.97. The highest BCUT2D eigenvalue weighted by Gasteiger charge is 2.27. The van der Waals surface area contributed by atoms with Crippen molar-refractivity contribution in [1.82, 2.24) is 10.2 Å². The van der Waals surface area contributed by atoms with E-state index in [1.165, 1.54) is 0 Å². The summed E-state index contributed by atoms with van der Waals surface area (Å²) in [4.78, 5) is 2.18. The van der Waals surface area contributed by atoms with Gasteiger partial charge in [0.15, 0.2) is 9.84 Å². The van der Waals surface area contributed by atoms with Crippen LogP contribution in [-0.2, 0) is 9.84 Å². The van der Waals surface area contributed by atoms with Crippen molar-refractivity contribution < 1.29 is 8.42 Å². The van der Waals surface area contributed by atoms with Crippen LogP contribution in [0.15, 0.2) is 0 Å². The van der Waals surface area contributed by atoms with Gasteiger partial charge in [-0.25, -0.2) is 8.42 Å². The quantitative estimate of drug-likeness (QED) is 0.707. The summed E-state index contributed by atoms with van der Waals surface area (Å²) >= 11 is 0. The van der Waals surface area contributed by atoms with E-state index in [-0.39, 0.29) is 11.0 Å². The summed E-state index contributed by atoms with van der Waals surface area (Å²) in [5.41, 5.74) is 0. The van der Waals surface area contributed by atoms with Gasteiger partial charge in [0.05, 0.1) is 11.0 Å². The molecule has 1 N–H and O–H groups in total. The van der Waals surface area contributed by atoms with Crippen LogP contribution in [0, 0.1) is 0 Å². The largest absolute Gasteiger partial charge is 0.319 e. The lowest BCUT2D eigenvalue weighted by molar-refractivity contribution is 0.277. The van der Waals surface area contributed by atoms with Crippen LogP contribution >= 0.6 is 0 Å². The lowest BCUT2D eigenvalue weighted by atomic mass is 10.1. The molecule has 0 atom stereocenters. The molecular weight excluding hydrogens is 200 g/mol. The van der Waals surface area contributed by atoms with Crippen LogP contribution in [0.1, 0.15) is 12.8 Å². The third-order valence-corrected chi connectivity index (χ3v) is 5.07. The molecule has 1 rings (SSSR count). The Hall–Kier alpha value is -0.130. The lowest BCUT2D eigenvalue weighted by Crippen LogP contribution is -2.39. The molecule has 0 unspecified atom stereocenters. The first-order valence-electron chi connectivity index (χ1n) is 5.11.